The van der Waals surface area contributed by atoms with Crippen molar-refractivity contribution in [2.75, 3.05) is 0 Å². The minimum absolute atomic E-state index is 1.02. The molecule has 2 rings (SSSR count). The first kappa shape index (κ1) is 43.1. The standard InChI is InChI=1S/2C14H42Si7/c2*1-15(2,3)21(16(4,5)6)19(11,12)17(7,8)18(9,10)20(21,13)14/h2*1-14H3. The average Bonchev–Trinajstić information content (AvgIpc) is 2.72. The molecule has 14 heteroatoms. The molecule has 0 aromatic rings. The Morgan fingerprint density at radius 3 is 0.333 bits per heavy atom. The fourth-order valence-corrected chi connectivity index (χ4v) is 805. The van der Waals surface area contributed by atoms with E-state index in [1.807, 2.05) is 0 Å². The first-order chi connectivity index (χ1) is 17.5. The Hall–Kier alpha value is 3.04. The van der Waals surface area contributed by atoms with Crippen LogP contribution in [0.5, 0.6) is 0 Å². The van der Waals surface area contributed by atoms with Crippen molar-refractivity contribution < 1.29 is 0 Å². The highest BCUT2D eigenvalue weighted by molar-refractivity contribution is 8.30. The van der Waals surface area contributed by atoms with Crippen LogP contribution < -0.4 is 0 Å². The first-order valence-corrected chi connectivity index (χ1v) is 73.5. The SMILES string of the molecule is C[Si](C)(C)[Si]1([Si](C)(C)C)[Si](C)(C)[Si](C)(C)[Si](C)(C)[Si]1(C)C.C[Si](C)(C)[Si]1([Si](C)(C)C)[Si](C)(C)[Si](C)(C)[Si](C)(C)[Si]1(C)C. The summed E-state index contributed by atoms with van der Waals surface area (Å²) >= 11 is 0. The zero-order valence-electron chi connectivity index (χ0n) is 35.0. The maximum Gasteiger partial charge on any atom is 0.0308 e. The molecular weight excluding hydrogens is 730 g/mol. The van der Waals surface area contributed by atoms with Crippen LogP contribution in [0.15, 0.2) is 0 Å². The maximum absolute atomic E-state index is 2.94. The summed E-state index contributed by atoms with van der Waals surface area (Å²) in [5.41, 5.74) is 0. The molecule has 0 aromatic carbocycles. The van der Waals surface area contributed by atoms with Crippen molar-refractivity contribution in [1.29, 1.82) is 0 Å². The molecule has 42 heavy (non-hydrogen) atoms. The van der Waals surface area contributed by atoms with Crippen LogP contribution in [0.3, 0.4) is 0 Å². The zero-order chi connectivity index (χ0) is 35.0. The lowest BCUT2D eigenvalue weighted by Crippen LogP contribution is -2.92. The van der Waals surface area contributed by atoms with E-state index in [2.05, 4.69) is 183 Å². The number of hydrogen-bond donors (Lipinski definition) is 0. The van der Waals surface area contributed by atoms with Gasteiger partial charge >= 0.3 is 0 Å². The van der Waals surface area contributed by atoms with E-state index in [1.54, 1.807) is 0 Å². The Kier molecular flexibility index (Phi) is 11.0. The summed E-state index contributed by atoms with van der Waals surface area (Å²) < 4.78 is 0. The topological polar surface area (TPSA) is 0 Å². The third-order valence-corrected chi connectivity index (χ3v) is 429. The van der Waals surface area contributed by atoms with Crippen LogP contribution in [0.4, 0.5) is 0 Å². The minimum Gasteiger partial charge on any atom is -0.0739 e. The van der Waals surface area contributed by atoms with E-state index >= 15 is 0 Å². The molecule has 2 aliphatic heterocycles. The van der Waals surface area contributed by atoms with Gasteiger partial charge in [-0.15, -0.1) is 0 Å². The first-order valence-electron chi connectivity index (χ1n) is 17.5. The van der Waals surface area contributed by atoms with Crippen LogP contribution in [0.2, 0.25) is 183 Å². The molecule has 0 radical (unpaired) electrons. The van der Waals surface area contributed by atoms with Crippen molar-refractivity contribution in [3.8, 4) is 0 Å². The maximum atomic E-state index is 2.94. The van der Waals surface area contributed by atoms with Gasteiger partial charge in [0.05, 0.1) is 0 Å². The summed E-state index contributed by atoms with van der Waals surface area (Å²) in [6.07, 6.45) is -2.17. The summed E-state index contributed by atoms with van der Waals surface area (Å²) in [6, 6.07) is 0. The van der Waals surface area contributed by atoms with Crippen LogP contribution in [0.25, 0.3) is 0 Å². The minimum atomic E-state index is -1.08. The van der Waals surface area contributed by atoms with Gasteiger partial charge in [0, 0.05) is 99.5 Å². The van der Waals surface area contributed by atoms with Gasteiger partial charge in [-0.25, -0.2) is 0 Å². The quantitative estimate of drug-likeness (QED) is 0.248. The van der Waals surface area contributed by atoms with Crippen molar-refractivity contribution >= 4 is 99.5 Å². The van der Waals surface area contributed by atoms with Gasteiger partial charge < -0.3 is 0 Å². The summed E-state index contributed by atoms with van der Waals surface area (Å²) in [4.78, 5) is 0. The van der Waals surface area contributed by atoms with Gasteiger partial charge in [-0.05, 0) is 0 Å². The third-order valence-electron chi connectivity index (χ3n) is 17.6. The normalized spacial score (nSPS) is 29.4. The van der Waals surface area contributed by atoms with Crippen molar-refractivity contribution in [3.05, 3.63) is 0 Å². The highest BCUT2D eigenvalue weighted by Crippen LogP contribution is 2.59. The van der Waals surface area contributed by atoms with Gasteiger partial charge in [-0.2, -0.15) is 0 Å². The molecular formula is C28H84Si14. The van der Waals surface area contributed by atoms with Crippen molar-refractivity contribution in [3.63, 3.8) is 0 Å². The molecule has 0 aromatic heterocycles. The van der Waals surface area contributed by atoms with E-state index in [9.17, 15) is 0 Å². The monoisotopic (exact) mass is 812 g/mol. The summed E-state index contributed by atoms with van der Waals surface area (Å²) in [6.45, 7) is 80.5. The molecule has 2 fully saturated rings. The van der Waals surface area contributed by atoms with Gasteiger partial charge in [0.2, 0.25) is 0 Å². The van der Waals surface area contributed by atoms with E-state index in [1.165, 1.54) is 0 Å². The Labute approximate surface area is 280 Å². The summed E-state index contributed by atoms with van der Waals surface area (Å²) in [5.74, 6) is 0. The van der Waals surface area contributed by atoms with Crippen molar-refractivity contribution in [2.24, 2.45) is 0 Å². The Morgan fingerprint density at radius 2 is 0.286 bits per heavy atom. The number of hydrogen-bond acceptors (Lipinski definition) is 0. The molecule has 0 amide bonds. The largest absolute Gasteiger partial charge is 0.0739 e. The van der Waals surface area contributed by atoms with Gasteiger partial charge in [-0.3, -0.25) is 0 Å². The Bertz CT molecular complexity index is 870. The second kappa shape index (κ2) is 10.8. The molecule has 0 nitrogen and oxygen atoms in total. The van der Waals surface area contributed by atoms with Gasteiger partial charge in [0.25, 0.3) is 0 Å². The van der Waals surface area contributed by atoms with Gasteiger partial charge in [0.1, 0.15) is 0 Å². The molecule has 2 aliphatic rings. The van der Waals surface area contributed by atoms with Crippen LogP contribution in [-0.2, 0) is 0 Å². The molecule has 0 spiro atoms. The third kappa shape index (κ3) is 4.57. The fourth-order valence-electron chi connectivity index (χ4n) is 16.3. The fraction of sp³-hybridized carbons (Fsp3) is 1.00. The molecule has 252 valence electrons. The molecule has 0 unspecified atom stereocenters. The molecule has 0 atom stereocenters. The zero-order valence-corrected chi connectivity index (χ0v) is 49.0. The van der Waals surface area contributed by atoms with Crippen LogP contribution >= 0.6 is 0 Å². The molecule has 2 heterocycles. The summed E-state index contributed by atoms with van der Waals surface area (Å²) in [7, 11) is -12.6. The second-order valence-electron chi connectivity index (χ2n) is 23.5. The second-order valence-corrected chi connectivity index (χ2v) is 196. The Morgan fingerprint density at radius 1 is 0.190 bits per heavy atom. The average molecular weight is 814 g/mol. The van der Waals surface area contributed by atoms with E-state index in [0.29, 0.717) is 0 Å². The van der Waals surface area contributed by atoms with E-state index in [4.69, 9.17) is 0 Å². The van der Waals surface area contributed by atoms with E-state index in [-0.39, 0.29) is 0 Å². The van der Waals surface area contributed by atoms with Crippen molar-refractivity contribution in [1.82, 2.24) is 0 Å². The van der Waals surface area contributed by atoms with E-state index in [0.717, 1.165) is 0 Å². The highest BCUT2D eigenvalue weighted by Gasteiger charge is 2.85. The predicted octanol–water partition coefficient (Wildman–Crippen LogP) is 11.0. The highest BCUT2D eigenvalue weighted by atomic mass is 30.4. The molecule has 2 saturated heterocycles. The van der Waals surface area contributed by atoms with Gasteiger partial charge in [0.15, 0.2) is 0 Å². The predicted molar refractivity (Wildman–Crippen MR) is 245 cm³/mol. The van der Waals surface area contributed by atoms with Crippen LogP contribution in [0.1, 0.15) is 0 Å². The van der Waals surface area contributed by atoms with Crippen LogP contribution in [0, 0.1) is 0 Å². The molecule has 0 aliphatic carbocycles. The molecule has 0 N–H and O–H groups in total. The molecule has 0 bridgehead atoms. The summed E-state index contributed by atoms with van der Waals surface area (Å²) in [5, 5.41) is 0. The lowest BCUT2D eigenvalue weighted by molar-refractivity contribution is 1.77. The lowest BCUT2D eigenvalue weighted by atomic mass is 11.8. The van der Waals surface area contributed by atoms with Crippen molar-refractivity contribution in [2.45, 2.75) is 183 Å². The Balaban J connectivity index is 0.000000420. The number of rotatable bonds is 4. The van der Waals surface area contributed by atoms with E-state index < -0.39 is 99.5 Å². The smallest absolute Gasteiger partial charge is 0.0308 e. The molecule has 0 saturated carbocycles. The van der Waals surface area contributed by atoms with Gasteiger partial charge in [-0.1, -0.05) is 183 Å². The lowest BCUT2D eigenvalue weighted by Gasteiger charge is -2.63. The van der Waals surface area contributed by atoms with Crippen LogP contribution in [-0.4, -0.2) is 99.5 Å².